The average Bonchev–Trinajstić information content (AvgIpc) is 2.78. The van der Waals surface area contributed by atoms with E-state index in [2.05, 4.69) is 14.9 Å². The van der Waals surface area contributed by atoms with Crippen LogP contribution in [0.1, 0.15) is 12.0 Å². The molecule has 1 aliphatic rings. The first kappa shape index (κ1) is 21.7. The van der Waals surface area contributed by atoms with Crippen LogP contribution >= 0.6 is 0 Å². The number of piperazine rings is 1. The second kappa shape index (κ2) is 9.66. The minimum Gasteiger partial charge on any atom is -0.369 e. The smallest absolute Gasteiger partial charge is 0.241 e. The number of rotatable bonds is 6. The molecule has 160 valence electrons. The Morgan fingerprint density at radius 3 is 2.07 bits per heavy atom. The second-order valence-electron chi connectivity index (χ2n) is 6.69. The van der Waals surface area contributed by atoms with Crippen molar-refractivity contribution in [3.63, 3.8) is 0 Å². The summed E-state index contributed by atoms with van der Waals surface area (Å²) in [6.07, 6.45) is 0.465. The Morgan fingerprint density at radius 1 is 0.900 bits per heavy atom. The highest BCUT2D eigenvalue weighted by Gasteiger charge is 2.24. The molecule has 1 heterocycles. The van der Waals surface area contributed by atoms with Gasteiger partial charge in [0, 0.05) is 44.8 Å². The van der Waals surface area contributed by atoms with Crippen molar-refractivity contribution < 1.29 is 26.7 Å². The van der Waals surface area contributed by atoms with Crippen LogP contribution in [0, 0.1) is 29.1 Å². The molecule has 1 amide bonds. The van der Waals surface area contributed by atoms with Crippen molar-refractivity contribution in [3.05, 3.63) is 65.0 Å². The maximum absolute atomic E-state index is 13.5. The summed E-state index contributed by atoms with van der Waals surface area (Å²) in [7, 11) is 0. The van der Waals surface area contributed by atoms with Gasteiger partial charge in [0.05, 0.1) is 11.8 Å². The third-order valence-electron chi connectivity index (χ3n) is 4.78. The van der Waals surface area contributed by atoms with Gasteiger partial charge in [-0.15, -0.1) is 0 Å². The molecule has 1 fully saturated rings. The molecule has 0 aromatic heterocycles. The Bertz CT molecular complexity index is 902. The molecule has 30 heavy (non-hydrogen) atoms. The molecule has 1 saturated heterocycles. The molecule has 10 heteroatoms. The summed E-state index contributed by atoms with van der Waals surface area (Å²) in [5.74, 6) is -11.0. The standard InChI is InChI=1S/C20H19F5N4O/c21-16-14(17(22)19(24)20(25)18(16)23)12-26-27-15(30)6-7-28-8-10-29(11-9-28)13-4-2-1-3-5-13/h1-5,12H,6-11H2,(H,27,30)/b26-12+. The fraction of sp³-hybridized carbons (Fsp3) is 0.300. The quantitative estimate of drug-likeness (QED) is 0.254. The number of nitrogens with zero attached hydrogens (tertiary/aromatic N) is 3. The van der Waals surface area contributed by atoms with E-state index in [1.54, 1.807) is 0 Å². The van der Waals surface area contributed by atoms with Gasteiger partial charge in [0.1, 0.15) is 0 Å². The molecule has 1 aliphatic heterocycles. The summed E-state index contributed by atoms with van der Waals surface area (Å²) in [5, 5.41) is 3.30. The predicted molar refractivity (Wildman–Crippen MR) is 102 cm³/mol. The fourth-order valence-electron chi connectivity index (χ4n) is 3.09. The molecule has 0 atom stereocenters. The minimum absolute atomic E-state index is 0.0692. The molecule has 0 unspecified atom stereocenters. The largest absolute Gasteiger partial charge is 0.369 e. The molecule has 0 radical (unpaired) electrons. The minimum atomic E-state index is -2.25. The number of hydrazone groups is 1. The Kier molecular flexibility index (Phi) is 6.99. The third-order valence-corrected chi connectivity index (χ3v) is 4.78. The van der Waals surface area contributed by atoms with Crippen molar-refractivity contribution in [1.82, 2.24) is 10.3 Å². The van der Waals surface area contributed by atoms with E-state index in [-0.39, 0.29) is 6.42 Å². The number of carbonyl (C=O) groups excluding carboxylic acids is 1. The first-order valence-corrected chi connectivity index (χ1v) is 9.24. The van der Waals surface area contributed by atoms with Crippen molar-refractivity contribution in [2.45, 2.75) is 6.42 Å². The van der Waals surface area contributed by atoms with Gasteiger partial charge in [-0.1, -0.05) is 18.2 Å². The highest BCUT2D eigenvalue weighted by molar-refractivity contribution is 5.83. The molecule has 3 rings (SSSR count). The Balaban J connectivity index is 1.46. The summed E-state index contributed by atoms with van der Waals surface area (Å²) < 4.78 is 66.3. The maximum Gasteiger partial charge on any atom is 0.241 e. The van der Waals surface area contributed by atoms with Gasteiger partial charge in [-0.3, -0.25) is 9.69 Å². The molecular formula is C20H19F5N4O. The van der Waals surface area contributed by atoms with E-state index in [1.165, 1.54) is 0 Å². The van der Waals surface area contributed by atoms with E-state index in [1.807, 2.05) is 35.8 Å². The SMILES string of the molecule is O=C(CCN1CCN(c2ccccc2)CC1)N/N=C/c1c(F)c(F)c(F)c(F)c1F. The summed E-state index contributed by atoms with van der Waals surface area (Å²) in [6, 6.07) is 9.96. The van der Waals surface area contributed by atoms with Gasteiger partial charge in [0.2, 0.25) is 11.7 Å². The molecular weight excluding hydrogens is 407 g/mol. The number of para-hydroxylation sites is 1. The summed E-state index contributed by atoms with van der Waals surface area (Å²) in [5.41, 5.74) is 1.95. The Labute approximate surface area is 169 Å². The van der Waals surface area contributed by atoms with Crippen molar-refractivity contribution in [1.29, 1.82) is 0 Å². The van der Waals surface area contributed by atoms with Crippen LogP contribution in [0.4, 0.5) is 27.6 Å². The second-order valence-corrected chi connectivity index (χ2v) is 6.69. The topological polar surface area (TPSA) is 47.9 Å². The van der Waals surface area contributed by atoms with Gasteiger partial charge in [-0.05, 0) is 12.1 Å². The van der Waals surface area contributed by atoms with E-state index in [0.717, 1.165) is 31.9 Å². The molecule has 0 spiro atoms. The summed E-state index contributed by atoms with van der Waals surface area (Å²) in [6.45, 7) is 3.59. The molecule has 1 N–H and O–H groups in total. The highest BCUT2D eigenvalue weighted by Crippen LogP contribution is 2.21. The zero-order chi connectivity index (χ0) is 21.7. The average molecular weight is 426 g/mol. The fourth-order valence-corrected chi connectivity index (χ4v) is 3.09. The third kappa shape index (κ3) is 4.93. The Morgan fingerprint density at radius 2 is 1.47 bits per heavy atom. The zero-order valence-electron chi connectivity index (χ0n) is 15.8. The van der Waals surface area contributed by atoms with E-state index >= 15 is 0 Å². The maximum atomic E-state index is 13.5. The molecule has 0 aliphatic carbocycles. The first-order chi connectivity index (χ1) is 14.4. The van der Waals surface area contributed by atoms with Gasteiger partial charge in [-0.25, -0.2) is 27.4 Å². The monoisotopic (exact) mass is 426 g/mol. The normalized spacial score (nSPS) is 15.0. The number of halogens is 5. The first-order valence-electron chi connectivity index (χ1n) is 9.24. The van der Waals surface area contributed by atoms with Gasteiger partial charge in [0.15, 0.2) is 23.3 Å². The van der Waals surface area contributed by atoms with E-state index in [9.17, 15) is 26.7 Å². The van der Waals surface area contributed by atoms with Crippen LogP contribution in [0.2, 0.25) is 0 Å². The van der Waals surface area contributed by atoms with Crippen LogP contribution in [-0.2, 0) is 4.79 Å². The molecule has 0 saturated carbocycles. The van der Waals surface area contributed by atoms with E-state index in [4.69, 9.17) is 0 Å². The summed E-state index contributed by atoms with van der Waals surface area (Å²) >= 11 is 0. The molecule has 2 aromatic rings. The van der Waals surface area contributed by atoms with Crippen molar-refractivity contribution in [2.24, 2.45) is 5.10 Å². The molecule has 5 nitrogen and oxygen atoms in total. The number of hydrogen-bond acceptors (Lipinski definition) is 4. The lowest BCUT2D eigenvalue weighted by Gasteiger charge is -2.36. The molecule has 0 bridgehead atoms. The number of amides is 1. The Hall–Kier alpha value is -3.01. The van der Waals surface area contributed by atoms with Crippen LogP contribution in [0.5, 0.6) is 0 Å². The lowest BCUT2D eigenvalue weighted by molar-refractivity contribution is -0.121. The van der Waals surface area contributed by atoms with Crippen LogP contribution in [0.25, 0.3) is 0 Å². The van der Waals surface area contributed by atoms with Crippen LogP contribution in [0.15, 0.2) is 35.4 Å². The molecule has 2 aromatic carbocycles. The van der Waals surface area contributed by atoms with Crippen LogP contribution in [-0.4, -0.2) is 49.7 Å². The van der Waals surface area contributed by atoms with Gasteiger partial charge in [-0.2, -0.15) is 5.10 Å². The number of hydrogen-bond donors (Lipinski definition) is 1. The zero-order valence-corrected chi connectivity index (χ0v) is 15.8. The van der Waals surface area contributed by atoms with Crippen molar-refractivity contribution in [2.75, 3.05) is 37.6 Å². The van der Waals surface area contributed by atoms with E-state index in [0.29, 0.717) is 12.8 Å². The van der Waals surface area contributed by atoms with Crippen molar-refractivity contribution >= 4 is 17.8 Å². The number of benzene rings is 2. The van der Waals surface area contributed by atoms with Crippen molar-refractivity contribution in [3.8, 4) is 0 Å². The lowest BCUT2D eigenvalue weighted by Crippen LogP contribution is -2.47. The van der Waals surface area contributed by atoms with Crippen LogP contribution < -0.4 is 10.3 Å². The number of carbonyl (C=O) groups is 1. The lowest BCUT2D eigenvalue weighted by atomic mass is 10.2. The predicted octanol–water partition coefficient (Wildman–Crippen LogP) is 3.04. The number of anilines is 1. The van der Waals surface area contributed by atoms with Gasteiger partial charge in [0.25, 0.3) is 0 Å². The van der Waals surface area contributed by atoms with Gasteiger partial charge >= 0.3 is 0 Å². The van der Waals surface area contributed by atoms with Gasteiger partial charge < -0.3 is 4.90 Å². The highest BCUT2D eigenvalue weighted by atomic mass is 19.2. The number of nitrogens with one attached hydrogen (secondary N) is 1. The summed E-state index contributed by atoms with van der Waals surface area (Å²) in [4.78, 5) is 16.2. The van der Waals surface area contributed by atoms with Crippen LogP contribution in [0.3, 0.4) is 0 Å². The van der Waals surface area contributed by atoms with E-state index < -0.39 is 40.6 Å².